The number of rotatable bonds is 5. The summed E-state index contributed by atoms with van der Waals surface area (Å²) in [6.07, 6.45) is 2.49. The number of nitrogens with zero attached hydrogens (tertiary/aromatic N) is 2. The molecule has 3 rings (SSSR count). The minimum absolute atomic E-state index is 0.00983. The van der Waals surface area contributed by atoms with Crippen LogP contribution in [0.4, 0.5) is 0 Å². The standard InChI is InChI=1S/C23H26N2O4/c1-13-9-10-18(11-14(13)2)29-16(4)21(26)20-15(3)19(12-24)22(27)25(23(20)28)17-7-5-6-8-17/h9-11,16-17,28H,5-8H2,1-4H3. The van der Waals surface area contributed by atoms with Gasteiger partial charge in [-0.1, -0.05) is 18.9 Å². The van der Waals surface area contributed by atoms with Crippen molar-refractivity contribution >= 4 is 5.78 Å². The van der Waals surface area contributed by atoms with Gasteiger partial charge in [0.15, 0.2) is 6.10 Å². The Labute approximate surface area is 170 Å². The highest BCUT2D eigenvalue weighted by Gasteiger charge is 2.31. The summed E-state index contributed by atoms with van der Waals surface area (Å²) in [5, 5.41) is 20.4. The molecular weight excluding hydrogens is 368 g/mol. The third-order valence-corrected chi connectivity index (χ3v) is 5.84. The second-order valence-corrected chi connectivity index (χ2v) is 7.79. The first-order valence-corrected chi connectivity index (χ1v) is 9.92. The minimum Gasteiger partial charge on any atom is -0.494 e. The maximum absolute atomic E-state index is 13.2. The van der Waals surface area contributed by atoms with Gasteiger partial charge in [0.1, 0.15) is 17.4 Å². The fraction of sp³-hybridized carbons (Fsp3) is 0.435. The molecule has 1 saturated carbocycles. The van der Waals surface area contributed by atoms with Gasteiger partial charge < -0.3 is 9.84 Å². The van der Waals surface area contributed by atoms with E-state index < -0.39 is 17.4 Å². The lowest BCUT2D eigenvalue weighted by Crippen LogP contribution is -2.32. The number of hydrogen-bond acceptors (Lipinski definition) is 5. The van der Waals surface area contributed by atoms with Crippen molar-refractivity contribution in [1.82, 2.24) is 4.57 Å². The molecule has 29 heavy (non-hydrogen) atoms. The largest absolute Gasteiger partial charge is 0.494 e. The number of aromatic hydroxyl groups is 1. The fourth-order valence-electron chi connectivity index (χ4n) is 3.97. The number of aryl methyl sites for hydroxylation is 2. The van der Waals surface area contributed by atoms with E-state index in [4.69, 9.17) is 4.74 Å². The molecule has 0 spiro atoms. The van der Waals surface area contributed by atoms with Crippen molar-refractivity contribution < 1.29 is 14.6 Å². The van der Waals surface area contributed by atoms with E-state index in [0.29, 0.717) is 5.75 Å². The van der Waals surface area contributed by atoms with Crippen LogP contribution in [0.2, 0.25) is 0 Å². The average Bonchev–Trinajstić information content (AvgIpc) is 3.19. The lowest BCUT2D eigenvalue weighted by molar-refractivity contribution is 0.0812. The summed E-state index contributed by atoms with van der Waals surface area (Å²) in [6, 6.07) is 7.28. The van der Waals surface area contributed by atoms with Crippen molar-refractivity contribution in [2.45, 2.75) is 65.5 Å². The van der Waals surface area contributed by atoms with Crippen molar-refractivity contribution in [2.24, 2.45) is 0 Å². The Bertz CT molecular complexity index is 1060. The summed E-state index contributed by atoms with van der Waals surface area (Å²) in [6.45, 7) is 7.08. The molecule has 0 bridgehead atoms. The molecule has 1 N–H and O–H groups in total. The monoisotopic (exact) mass is 394 g/mol. The highest BCUT2D eigenvalue weighted by Crippen LogP contribution is 2.34. The van der Waals surface area contributed by atoms with E-state index in [-0.39, 0.29) is 28.6 Å². The number of hydrogen-bond donors (Lipinski definition) is 1. The Morgan fingerprint density at radius 3 is 2.48 bits per heavy atom. The molecule has 1 atom stereocenters. The first kappa shape index (κ1) is 20.7. The van der Waals surface area contributed by atoms with Crippen LogP contribution in [0.1, 0.15) is 71.3 Å². The molecule has 1 unspecified atom stereocenters. The lowest BCUT2D eigenvalue weighted by Gasteiger charge is -2.22. The fourth-order valence-corrected chi connectivity index (χ4v) is 3.97. The van der Waals surface area contributed by atoms with E-state index in [1.165, 1.54) is 11.5 Å². The summed E-state index contributed by atoms with van der Waals surface area (Å²) in [7, 11) is 0. The van der Waals surface area contributed by atoms with E-state index in [1.807, 2.05) is 32.0 Å². The molecule has 0 saturated heterocycles. The van der Waals surface area contributed by atoms with Gasteiger partial charge in [-0.15, -0.1) is 0 Å². The Morgan fingerprint density at radius 2 is 1.90 bits per heavy atom. The zero-order valence-corrected chi connectivity index (χ0v) is 17.3. The molecular formula is C23H26N2O4. The van der Waals surface area contributed by atoms with Gasteiger partial charge >= 0.3 is 0 Å². The summed E-state index contributed by atoms with van der Waals surface area (Å²) < 4.78 is 7.05. The van der Waals surface area contributed by atoms with E-state index in [2.05, 4.69) is 0 Å². The topological polar surface area (TPSA) is 92.3 Å². The molecule has 0 aliphatic heterocycles. The first-order valence-electron chi connectivity index (χ1n) is 9.92. The van der Waals surface area contributed by atoms with Crippen LogP contribution in [0.25, 0.3) is 0 Å². The maximum Gasteiger partial charge on any atom is 0.271 e. The Hall–Kier alpha value is -3.07. The van der Waals surface area contributed by atoms with Crippen LogP contribution in [0.3, 0.4) is 0 Å². The number of ketones is 1. The van der Waals surface area contributed by atoms with Crippen LogP contribution in [0.15, 0.2) is 23.0 Å². The van der Waals surface area contributed by atoms with Gasteiger partial charge in [0, 0.05) is 6.04 Å². The van der Waals surface area contributed by atoms with Gasteiger partial charge in [0.05, 0.1) is 5.56 Å². The van der Waals surface area contributed by atoms with Crippen molar-refractivity contribution in [2.75, 3.05) is 0 Å². The number of carbonyl (C=O) groups is 1. The van der Waals surface area contributed by atoms with E-state index in [9.17, 15) is 20.0 Å². The Balaban J connectivity index is 2.03. The van der Waals surface area contributed by atoms with Crippen LogP contribution in [-0.2, 0) is 0 Å². The molecule has 1 fully saturated rings. The maximum atomic E-state index is 13.2. The van der Waals surface area contributed by atoms with Gasteiger partial charge in [-0.3, -0.25) is 14.2 Å². The van der Waals surface area contributed by atoms with Gasteiger partial charge in [0.25, 0.3) is 5.56 Å². The minimum atomic E-state index is -0.886. The van der Waals surface area contributed by atoms with Gasteiger partial charge in [-0.25, -0.2) is 0 Å². The van der Waals surface area contributed by atoms with Crippen LogP contribution >= 0.6 is 0 Å². The number of pyridine rings is 1. The van der Waals surface area contributed by atoms with E-state index in [0.717, 1.165) is 36.8 Å². The predicted molar refractivity (Wildman–Crippen MR) is 110 cm³/mol. The van der Waals surface area contributed by atoms with Crippen LogP contribution in [0.5, 0.6) is 11.6 Å². The molecule has 1 heterocycles. The van der Waals surface area contributed by atoms with Gasteiger partial charge in [-0.2, -0.15) is 5.26 Å². The molecule has 1 aromatic carbocycles. The van der Waals surface area contributed by atoms with E-state index in [1.54, 1.807) is 13.0 Å². The number of nitriles is 1. The summed E-state index contributed by atoms with van der Waals surface area (Å²) in [4.78, 5) is 26.0. The lowest BCUT2D eigenvalue weighted by atomic mass is 9.98. The van der Waals surface area contributed by atoms with Gasteiger partial charge in [0.2, 0.25) is 11.7 Å². The quantitative estimate of drug-likeness (QED) is 0.770. The number of benzene rings is 1. The Morgan fingerprint density at radius 1 is 1.24 bits per heavy atom. The van der Waals surface area contributed by atoms with Crippen LogP contribution in [-0.4, -0.2) is 21.6 Å². The second-order valence-electron chi connectivity index (χ2n) is 7.79. The Kier molecular flexibility index (Phi) is 5.78. The summed E-state index contributed by atoms with van der Waals surface area (Å²) in [5.74, 6) is -0.267. The molecule has 0 amide bonds. The van der Waals surface area contributed by atoms with E-state index >= 15 is 0 Å². The molecule has 6 heteroatoms. The average molecular weight is 394 g/mol. The number of Topliss-reactive ketones (excluding diaryl/α,β-unsaturated/α-hetero) is 1. The molecule has 2 aromatic rings. The predicted octanol–water partition coefficient (Wildman–Crippen LogP) is 4.12. The molecule has 0 radical (unpaired) electrons. The molecule has 1 aliphatic rings. The third-order valence-electron chi connectivity index (χ3n) is 5.84. The van der Waals surface area contributed by atoms with Gasteiger partial charge in [-0.05, 0) is 69.4 Å². The zero-order valence-electron chi connectivity index (χ0n) is 17.3. The highest BCUT2D eigenvalue weighted by atomic mass is 16.5. The van der Waals surface area contributed by atoms with Crippen molar-refractivity contribution in [3.63, 3.8) is 0 Å². The molecule has 1 aromatic heterocycles. The molecule has 6 nitrogen and oxygen atoms in total. The molecule has 152 valence electrons. The van der Waals surface area contributed by atoms with Crippen molar-refractivity contribution in [1.29, 1.82) is 5.26 Å². The highest BCUT2D eigenvalue weighted by molar-refractivity contribution is 6.03. The van der Waals surface area contributed by atoms with Crippen LogP contribution in [0, 0.1) is 32.1 Å². The van der Waals surface area contributed by atoms with Crippen molar-refractivity contribution in [3.05, 3.63) is 56.4 Å². The number of aromatic nitrogens is 1. The van der Waals surface area contributed by atoms with Crippen molar-refractivity contribution in [3.8, 4) is 17.7 Å². The third kappa shape index (κ3) is 3.77. The summed E-state index contributed by atoms with van der Waals surface area (Å²) in [5.41, 5.74) is 1.72. The SMILES string of the molecule is Cc1ccc(OC(C)C(=O)c2c(C)c(C#N)c(=O)n(C3CCCC3)c2O)cc1C. The zero-order chi connectivity index (χ0) is 21.3. The molecule has 1 aliphatic carbocycles. The smallest absolute Gasteiger partial charge is 0.271 e. The first-order chi connectivity index (χ1) is 13.8. The number of carbonyl (C=O) groups excluding carboxylic acids is 1. The second kappa shape index (κ2) is 8.12. The normalized spacial score (nSPS) is 15.1. The summed E-state index contributed by atoms with van der Waals surface area (Å²) >= 11 is 0. The van der Waals surface area contributed by atoms with Crippen LogP contribution < -0.4 is 10.3 Å². The number of ether oxygens (including phenoxy) is 1.